The number of carbonyl (C=O) groups is 1. The number of nitrogens with zero attached hydrogens (tertiary/aromatic N) is 2. The Bertz CT molecular complexity index is 449. The van der Waals surface area contributed by atoms with E-state index in [1.807, 2.05) is 0 Å². The molecule has 0 unspecified atom stereocenters. The van der Waals surface area contributed by atoms with Crippen LogP contribution < -0.4 is 16.0 Å². The third kappa shape index (κ3) is 3.89. The highest BCUT2D eigenvalue weighted by Crippen LogP contribution is 2.23. The molecule has 18 heavy (non-hydrogen) atoms. The zero-order valence-corrected chi connectivity index (χ0v) is 10.2. The van der Waals surface area contributed by atoms with Gasteiger partial charge >= 0.3 is 5.69 Å². The van der Waals surface area contributed by atoms with Gasteiger partial charge in [-0.05, 0) is 6.07 Å². The fourth-order valence-corrected chi connectivity index (χ4v) is 1.29. The van der Waals surface area contributed by atoms with E-state index in [-0.39, 0.29) is 17.4 Å². The summed E-state index contributed by atoms with van der Waals surface area (Å²) in [7, 11) is 1.68. The summed E-state index contributed by atoms with van der Waals surface area (Å²) >= 11 is 0. The third-order valence-corrected chi connectivity index (χ3v) is 2.12. The molecule has 0 saturated carbocycles. The second-order valence-corrected chi connectivity index (χ2v) is 3.48. The molecule has 1 aromatic heterocycles. The van der Waals surface area contributed by atoms with Crippen molar-refractivity contribution in [3.63, 3.8) is 0 Å². The Morgan fingerprint density at radius 3 is 2.72 bits per heavy atom. The van der Waals surface area contributed by atoms with Crippen LogP contribution in [0.15, 0.2) is 12.1 Å². The number of rotatable bonds is 6. The minimum atomic E-state index is -0.507. The van der Waals surface area contributed by atoms with Crippen LogP contribution in [0.4, 0.5) is 17.3 Å². The van der Waals surface area contributed by atoms with Crippen LogP contribution in [-0.4, -0.2) is 36.0 Å². The quantitative estimate of drug-likeness (QED) is 0.388. The molecule has 0 bridgehead atoms. The fourth-order valence-electron chi connectivity index (χ4n) is 1.29. The SMILES string of the molecule is CNc1ccc([N+](=O)[O-])c(NCCNC(C)=O)n1. The zero-order chi connectivity index (χ0) is 13.5. The maximum atomic E-state index is 10.8. The van der Waals surface area contributed by atoms with Gasteiger partial charge in [0.2, 0.25) is 11.7 Å². The van der Waals surface area contributed by atoms with E-state index < -0.39 is 4.92 Å². The molecule has 98 valence electrons. The molecule has 0 atom stereocenters. The summed E-state index contributed by atoms with van der Waals surface area (Å²) in [6, 6.07) is 2.90. The highest BCUT2D eigenvalue weighted by Gasteiger charge is 2.15. The lowest BCUT2D eigenvalue weighted by Crippen LogP contribution is -2.26. The number of pyridine rings is 1. The van der Waals surface area contributed by atoms with Crippen LogP contribution in [0, 0.1) is 10.1 Å². The molecule has 8 nitrogen and oxygen atoms in total. The number of nitro groups is 1. The number of nitrogens with one attached hydrogen (secondary N) is 3. The van der Waals surface area contributed by atoms with Gasteiger partial charge < -0.3 is 16.0 Å². The zero-order valence-electron chi connectivity index (χ0n) is 10.2. The van der Waals surface area contributed by atoms with Crippen molar-refractivity contribution in [1.29, 1.82) is 0 Å². The summed E-state index contributed by atoms with van der Waals surface area (Å²) in [6.45, 7) is 2.14. The fraction of sp³-hybridized carbons (Fsp3) is 0.400. The molecular weight excluding hydrogens is 238 g/mol. The molecule has 8 heteroatoms. The Labute approximate surface area is 104 Å². The van der Waals surface area contributed by atoms with Gasteiger partial charge in [0, 0.05) is 33.1 Å². The first-order valence-electron chi connectivity index (χ1n) is 5.36. The topological polar surface area (TPSA) is 109 Å². The summed E-state index contributed by atoms with van der Waals surface area (Å²) in [6.07, 6.45) is 0. The first-order chi connectivity index (χ1) is 8.54. The number of amides is 1. The molecule has 0 aliphatic heterocycles. The Morgan fingerprint density at radius 2 is 2.17 bits per heavy atom. The Morgan fingerprint density at radius 1 is 1.44 bits per heavy atom. The van der Waals surface area contributed by atoms with Crippen molar-refractivity contribution in [3.8, 4) is 0 Å². The number of anilines is 2. The van der Waals surface area contributed by atoms with E-state index >= 15 is 0 Å². The summed E-state index contributed by atoms with van der Waals surface area (Å²) in [4.78, 5) is 25.0. The summed E-state index contributed by atoms with van der Waals surface area (Å²) in [5, 5.41) is 19.0. The van der Waals surface area contributed by atoms with E-state index in [0.717, 1.165) is 0 Å². The van der Waals surface area contributed by atoms with Crippen LogP contribution in [0.3, 0.4) is 0 Å². The number of hydrogen-bond acceptors (Lipinski definition) is 6. The average molecular weight is 253 g/mol. The number of aromatic nitrogens is 1. The summed E-state index contributed by atoms with van der Waals surface area (Å²) in [5.41, 5.74) is -0.100. The number of carbonyl (C=O) groups excluding carboxylic acids is 1. The van der Waals surface area contributed by atoms with Gasteiger partial charge in [-0.25, -0.2) is 4.98 Å². The Kier molecular flexibility index (Phi) is 4.85. The van der Waals surface area contributed by atoms with Gasteiger partial charge in [0.05, 0.1) is 4.92 Å². The van der Waals surface area contributed by atoms with Crippen LogP contribution in [0.5, 0.6) is 0 Å². The third-order valence-electron chi connectivity index (χ3n) is 2.12. The van der Waals surface area contributed by atoms with E-state index in [0.29, 0.717) is 18.9 Å². The van der Waals surface area contributed by atoms with Crippen LogP contribution in [0.25, 0.3) is 0 Å². The molecule has 0 radical (unpaired) electrons. The second-order valence-electron chi connectivity index (χ2n) is 3.48. The largest absolute Gasteiger partial charge is 0.373 e. The van der Waals surface area contributed by atoms with Gasteiger partial charge in [-0.3, -0.25) is 14.9 Å². The minimum absolute atomic E-state index is 0.100. The van der Waals surface area contributed by atoms with Gasteiger partial charge in [-0.2, -0.15) is 0 Å². The first kappa shape index (κ1) is 13.7. The highest BCUT2D eigenvalue weighted by molar-refractivity contribution is 5.72. The maximum Gasteiger partial charge on any atom is 0.311 e. The van der Waals surface area contributed by atoms with Gasteiger partial charge in [-0.1, -0.05) is 0 Å². The van der Waals surface area contributed by atoms with E-state index in [2.05, 4.69) is 20.9 Å². The predicted molar refractivity (Wildman–Crippen MR) is 67.6 cm³/mol. The molecular formula is C10H15N5O3. The Hall–Kier alpha value is -2.38. The van der Waals surface area contributed by atoms with Crippen molar-refractivity contribution < 1.29 is 9.72 Å². The van der Waals surface area contributed by atoms with Crippen molar-refractivity contribution in [3.05, 3.63) is 22.2 Å². The lowest BCUT2D eigenvalue weighted by molar-refractivity contribution is -0.384. The van der Waals surface area contributed by atoms with Crippen molar-refractivity contribution in [2.75, 3.05) is 30.8 Å². The van der Waals surface area contributed by atoms with Gasteiger partial charge in [0.25, 0.3) is 0 Å². The molecule has 0 spiro atoms. The first-order valence-corrected chi connectivity index (χ1v) is 5.36. The molecule has 1 aromatic rings. The molecule has 0 aromatic carbocycles. The van der Waals surface area contributed by atoms with Crippen molar-refractivity contribution >= 4 is 23.2 Å². The highest BCUT2D eigenvalue weighted by atomic mass is 16.6. The lowest BCUT2D eigenvalue weighted by Gasteiger charge is -2.08. The average Bonchev–Trinajstić information content (AvgIpc) is 2.33. The molecule has 0 fully saturated rings. The smallest absolute Gasteiger partial charge is 0.311 e. The van der Waals surface area contributed by atoms with Gasteiger partial charge in [0.15, 0.2) is 0 Å². The van der Waals surface area contributed by atoms with Crippen molar-refractivity contribution in [2.24, 2.45) is 0 Å². The molecule has 0 saturated heterocycles. The predicted octanol–water partition coefficient (Wildman–Crippen LogP) is 0.579. The molecule has 0 aliphatic carbocycles. The van der Waals surface area contributed by atoms with E-state index in [4.69, 9.17) is 0 Å². The van der Waals surface area contributed by atoms with Crippen LogP contribution in [0.2, 0.25) is 0 Å². The van der Waals surface area contributed by atoms with Crippen LogP contribution in [0.1, 0.15) is 6.92 Å². The van der Waals surface area contributed by atoms with E-state index in [9.17, 15) is 14.9 Å². The normalized spacial score (nSPS) is 9.67. The van der Waals surface area contributed by atoms with Gasteiger partial charge in [-0.15, -0.1) is 0 Å². The van der Waals surface area contributed by atoms with Crippen molar-refractivity contribution in [2.45, 2.75) is 6.92 Å². The van der Waals surface area contributed by atoms with E-state index in [1.165, 1.54) is 19.1 Å². The molecule has 1 heterocycles. The molecule has 3 N–H and O–H groups in total. The molecule has 1 amide bonds. The Balaban J connectivity index is 2.71. The minimum Gasteiger partial charge on any atom is -0.373 e. The van der Waals surface area contributed by atoms with Crippen molar-refractivity contribution in [1.82, 2.24) is 10.3 Å². The molecule has 0 aliphatic rings. The van der Waals surface area contributed by atoms with E-state index in [1.54, 1.807) is 7.05 Å². The lowest BCUT2D eigenvalue weighted by atomic mass is 10.3. The summed E-state index contributed by atoms with van der Waals surface area (Å²) < 4.78 is 0. The van der Waals surface area contributed by atoms with Crippen LogP contribution in [-0.2, 0) is 4.79 Å². The van der Waals surface area contributed by atoms with Gasteiger partial charge in [0.1, 0.15) is 5.82 Å². The van der Waals surface area contributed by atoms with Crippen LogP contribution >= 0.6 is 0 Å². The monoisotopic (exact) mass is 253 g/mol. The number of hydrogen-bond donors (Lipinski definition) is 3. The standard InChI is InChI=1S/C10H15N5O3/c1-7(16)12-5-6-13-10-8(15(17)18)3-4-9(11-2)14-10/h3-4H,5-6H2,1-2H3,(H,12,16)(H2,11,13,14). The second kappa shape index (κ2) is 6.38. The summed E-state index contributed by atoms with van der Waals surface area (Å²) in [5.74, 6) is 0.558. The molecule has 1 rings (SSSR count). The maximum absolute atomic E-state index is 10.8.